The van der Waals surface area contributed by atoms with Gasteiger partial charge in [-0.05, 0) is 51.8 Å². The SMILES string of the molecule is Cc1cc(C(=O)N2CCC(Cn3cc(C4CCN(C)C4)nn3)CC2)nn1C. The molecule has 2 fully saturated rings. The number of amides is 1. The summed E-state index contributed by atoms with van der Waals surface area (Å²) >= 11 is 0. The number of carbonyl (C=O) groups is 1. The van der Waals surface area contributed by atoms with Crippen molar-refractivity contribution in [2.45, 2.75) is 38.6 Å². The fraction of sp³-hybridized carbons (Fsp3) is 0.684. The van der Waals surface area contributed by atoms with Crippen LogP contribution in [0.15, 0.2) is 12.3 Å². The highest BCUT2D eigenvalue weighted by atomic mass is 16.2. The van der Waals surface area contributed by atoms with Crippen LogP contribution in [0.2, 0.25) is 0 Å². The van der Waals surface area contributed by atoms with Gasteiger partial charge in [0, 0.05) is 51.0 Å². The van der Waals surface area contributed by atoms with Crippen molar-refractivity contribution in [2.24, 2.45) is 13.0 Å². The molecule has 4 heterocycles. The Kier molecular flexibility index (Phi) is 4.99. The molecular formula is C19H29N7O. The predicted molar refractivity (Wildman–Crippen MR) is 101 cm³/mol. The molecule has 2 aromatic rings. The minimum Gasteiger partial charge on any atom is -0.337 e. The summed E-state index contributed by atoms with van der Waals surface area (Å²) in [4.78, 5) is 16.9. The second-order valence-corrected chi connectivity index (χ2v) is 8.14. The number of likely N-dealkylation sites (N-methyl/N-ethyl adjacent to an activating group) is 1. The number of nitrogens with zero attached hydrogens (tertiary/aromatic N) is 7. The Hall–Kier alpha value is -2.22. The molecule has 0 aliphatic carbocycles. The Morgan fingerprint density at radius 1 is 1.19 bits per heavy atom. The van der Waals surface area contributed by atoms with E-state index in [4.69, 9.17) is 0 Å². The van der Waals surface area contributed by atoms with E-state index in [9.17, 15) is 4.79 Å². The standard InChI is InChI=1S/C19H29N7O/c1-14-10-17(21-24(14)3)19(27)25-8-4-15(5-9-25)11-26-13-18(20-22-26)16-6-7-23(2)12-16/h10,13,15-16H,4-9,11-12H2,1-3H3. The first-order valence-electron chi connectivity index (χ1n) is 9.88. The molecule has 146 valence electrons. The van der Waals surface area contributed by atoms with E-state index in [2.05, 4.69) is 33.6 Å². The topological polar surface area (TPSA) is 72.1 Å². The van der Waals surface area contributed by atoms with Crippen LogP contribution in [0, 0.1) is 12.8 Å². The van der Waals surface area contributed by atoms with Gasteiger partial charge in [0.2, 0.25) is 0 Å². The lowest BCUT2D eigenvalue weighted by Crippen LogP contribution is -2.39. The monoisotopic (exact) mass is 371 g/mol. The average Bonchev–Trinajstić information content (AvgIpc) is 3.37. The van der Waals surface area contributed by atoms with Crippen LogP contribution in [0.3, 0.4) is 0 Å². The molecule has 2 aromatic heterocycles. The summed E-state index contributed by atoms with van der Waals surface area (Å²) in [5.41, 5.74) is 2.68. The largest absolute Gasteiger partial charge is 0.337 e. The molecule has 2 aliphatic heterocycles. The van der Waals surface area contributed by atoms with Crippen LogP contribution >= 0.6 is 0 Å². The minimum absolute atomic E-state index is 0.0468. The van der Waals surface area contributed by atoms with E-state index in [0.29, 0.717) is 17.5 Å². The van der Waals surface area contributed by atoms with Crippen LogP contribution in [0.5, 0.6) is 0 Å². The third-order valence-electron chi connectivity index (χ3n) is 6.05. The van der Waals surface area contributed by atoms with Gasteiger partial charge in [0.25, 0.3) is 5.91 Å². The Morgan fingerprint density at radius 3 is 2.59 bits per heavy atom. The summed E-state index contributed by atoms with van der Waals surface area (Å²) in [6.45, 7) is 6.64. The molecule has 27 heavy (non-hydrogen) atoms. The molecule has 0 radical (unpaired) electrons. The van der Waals surface area contributed by atoms with Crippen LogP contribution in [-0.2, 0) is 13.6 Å². The zero-order valence-corrected chi connectivity index (χ0v) is 16.5. The third-order valence-corrected chi connectivity index (χ3v) is 6.05. The Balaban J connectivity index is 1.29. The molecule has 2 aliphatic rings. The Labute approximate surface area is 160 Å². The first-order valence-corrected chi connectivity index (χ1v) is 9.88. The van der Waals surface area contributed by atoms with Crippen molar-refractivity contribution >= 4 is 5.91 Å². The van der Waals surface area contributed by atoms with Gasteiger partial charge >= 0.3 is 0 Å². The van der Waals surface area contributed by atoms with Gasteiger partial charge in [0.1, 0.15) is 0 Å². The van der Waals surface area contributed by atoms with Crippen molar-refractivity contribution in [3.63, 3.8) is 0 Å². The number of likely N-dealkylation sites (tertiary alicyclic amines) is 2. The summed E-state index contributed by atoms with van der Waals surface area (Å²) in [6.07, 6.45) is 5.29. The van der Waals surface area contributed by atoms with Gasteiger partial charge in [0.05, 0.1) is 5.69 Å². The van der Waals surface area contributed by atoms with Crippen molar-refractivity contribution < 1.29 is 4.79 Å². The number of carbonyl (C=O) groups excluding carboxylic acids is 1. The van der Waals surface area contributed by atoms with E-state index in [1.54, 1.807) is 4.68 Å². The normalized spacial score (nSPS) is 21.9. The molecule has 1 amide bonds. The molecule has 1 unspecified atom stereocenters. The molecule has 4 rings (SSSR count). The number of piperidine rings is 1. The van der Waals surface area contributed by atoms with Gasteiger partial charge in [-0.15, -0.1) is 5.10 Å². The van der Waals surface area contributed by atoms with Gasteiger partial charge in [-0.25, -0.2) is 0 Å². The molecule has 8 heteroatoms. The molecule has 0 N–H and O–H groups in total. The molecule has 0 bridgehead atoms. The first-order chi connectivity index (χ1) is 13.0. The quantitative estimate of drug-likeness (QED) is 0.810. The summed E-state index contributed by atoms with van der Waals surface area (Å²) in [5, 5.41) is 13.1. The number of rotatable bonds is 4. The second kappa shape index (κ2) is 7.42. The maximum atomic E-state index is 12.6. The van der Waals surface area contributed by atoms with Crippen molar-refractivity contribution in [1.82, 2.24) is 34.6 Å². The Morgan fingerprint density at radius 2 is 1.96 bits per heavy atom. The van der Waals surface area contributed by atoms with Crippen molar-refractivity contribution in [1.29, 1.82) is 0 Å². The number of hydrogen-bond acceptors (Lipinski definition) is 5. The fourth-order valence-corrected chi connectivity index (χ4v) is 4.18. The third kappa shape index (κ3) is 3.90. The lowest BCUT2D eigenvalue weighted by molar-refractivity contribution is 0.0674. The summed E-state index contributed by atoms with van der Waals surface area (Å²) in [7, 11) is 4.03. The summed E-state index contributed by atoms with van der Waals surface area (Å²) in [5.74, 6) is 1.11. The van der Waals surface area contributed by atoms with Crippen LogP contribution < -0.4 is 0 Å². The molecule has 0 spiro atoms. The van der Waals surface area contributed by atoms with E-state index in [-0.39, 0.29) is 5.91 Å². The molecule has 0 saturated carbocycles. The summed E-state index contributed by atoms with van der Waals surface area (Å²) in [6, 6.07) is 1.87. The molecule has 2 saturated heterocycles. The molecule has 1 atom stereocenters. The first kappa shape index (κ1) is 18.2. The zero-order valence-electron chi connectivity index (χ0n) is 16.5. The van der Waals surface area contributed by atoms with Crippen LogP contribution in [0.1, 0.15) is 47.1 Å². The maximum absolute atomic E-state index is 12.6. The Bertz CT molecular complexity index is 783. The summed E-state index contributed by atoms with van der Waals surface area (Å²) < 4.78 is 3.75. The van der Waals surface area contributed by atoms with Gasteiger partial charge in [-0.1, -0.05) is 5.21 Å². The van der Waals surface area contributed by atoms with E-state index in [0.717, 1.165) is 57.0 Å². The van der Waals surface area contributed by atoms with E-state index in [1.807, 2.05) is 29.6 Å². The smallest absolute Gasteiger partial charge is 0.274 e. The highest BCUT2D eigenvalue weighted by molar-refractivity contribution is 5.92. The van der Waals surface area contributed by atoms with Gasteiger partial charge < -0.3 is 9.80 Å². The van der Waals surface area contributed by atoms with E-state index in [1.165, 1.54) is 6.42 Å². The van der Waals surface area contributed by atoms with E-state index < -0.39 is 0 Å². The maximum Gasteiger partial charge on any atom is 0.274 e. The van der Waals surface area contributed by atoms with Crippen molar-refractivity contribution in [2.75, 3.05) is 33.2 Å². The number of aryl methyl sites for hydroxylation is 2. The predicted octanol–water partition coefficient (Wildman–Crippen LogP) is 1.29. The lowest BCUT2D eigenvalue weighted by atomic mass is 9.96. The van der Waals surface area contributed by atoms with Crippen molar-refractivity contribution in [3.05, 3.63) is 29.3 Å². The molecule has 0 aromatic carbocycles. The zero-order chi connectivity index (χ0) is 19.0. The molecular weight excluding hydrogens is 342 g/mol. The van der Waals surface area contributed by atoms with Crippen LogP contribution in [0.25, 0.3) is 0 Å². The van der Waals surface area contributed by atoms with Crippen LogP contribution in [0.4, 0.5) is 0 Å². The average molecular weight is 371 g/mol. The number of aromatic nitrogens is 5. The van der Waals surface area contributed by atoms with Gasteiger partial charge in [-0.2, -0.15) is 5.10 Å². The van der Waals surface area contributed by atoms with Crippen molar-refractivity contribution in [3.8, 4) is 0 Å². The van der Waals surface area contributed by atoms with Crippen LogP contribution in [-0.4, -0.2) is 73.7 Å². The highest BCUT2D eigenvalue weighted by Gasteiger charge is 2.27. The second-order valence-electron chi connectivity index (χ2n) is 8.14. The van der Waals surface area contributed by atoms with Gasteiger partial charge in [-0.3, -0.25) is 14.2 Å². The fourth-order valence-electron chi connectivity index (χ4n) is 4.18. The van der Waals surface area contributed by atoms with Gasteiger partial charge in [0.15, 0.2) is 5.69 Å². The molecule has 8 nitrogen and oxygen atoms in total. The lowest BCUT2D eigenvalue weighted by Gasteiger charge is -2.31. The highest BCUT2D eigenvalue weighted by Crippen LogP contribution is 2.25. The number of hydrogen-bond donors (Lipinski definition) is 0. The van der Waals surface area contributed by atoms with E-state index >= 15 is 0 Å². The minimum atomic E-state index is 0.0468.